The van der Waals surface area contributed by atoms with E-state index in [1.807, 2.05) is 53.9 Å². The molecule has 0 radical (unpaired) electrons. The van der Waals surface area contributed by atoms with E-state index in [4.69, 9.17) is 4.74 Å². The van der Waals surface area contributed by atoms with Gasteiger partial charge in [-0.3, -0.25) is 4.79 Å². The summed E-state index contributed by atoms with van der Waals surface area (Å²) in [6, 6.07) is 13.5. The van der Waals surface area contributed by atoms with Crippen LogP contribution in [-0.4, -0.2) is 21.0 Å². The van der Waals surface area contributed by atoms with Gasteiger partial charge in [0.05, 0.1) is 5.25 Å². The Morgan fingerprint density at radius 1 is 1.26 bits per heavy atom. The number of hydrogen-bond donors (Lipinski definition) is 2. The summed E-state index contributed by atoms with van der Waals surface area (Å²) < 4.78 is 5.34. The van der Waals surface area contributed by atoms with Gasteiger partial charge in [0.25, 0.3) is 5.56 Å². The number of ether oxygens (including phenoxy) is 1. The van der Waals surface area contributed by atoms with Gasteiger partial charge in [0.15, 0.2) is 5.69 Å². The van der Waals surface area contributed by atoms with E-state index in [-0.39, 0.29) is 17.6 Å². The second-order valence-electron chi connectivity index (χ2n) is 6.09. The zero-order valence-corrected chi connectivity index (χ0v) is 15.0. The van der Waals surface area contributed by atoms with Gasteiger partial charge in [-0.25, -0.2) is 9.78 Å². The number of aromatic nitrogens is 2. The lowest BCUT2D eigenvalue weighted by Gasteiger charge is -2.11. The number of aromatic amines is 1. The van der Waals surface area contributed by atoms with Crippen molar-refractivity contribution >= 4 is 28.5 Å². The highest BCUT2D eigenvalue weighted by Crippen LogP contribution is 2.36. The van der Waals surface area contributed by atoms with E-state index in [1.165, 1.54) is 11.8 Å². The van der Waals surface area contributed by atoms with Gasteiger partial charge in [-0.05, 0) is 28.2 Å². The molecule has 0 spiro atoms. The van der Waals surface area contributed by atoms with E-state index in [0.717, 1.165) is 16.3 Å². The van der Waals surface area contributed by atoms with Crippen LogP contribution in [-0.2, 0) is 11.3 Å². The van der Waals surface area contributed by atoms with Crippen LogP contribution < -0.4 is 5.56 Å². The maximum atomic E-state index is 12.5. The number of benzene rings is 2. The number of rotatable bonds is 4. The van der Waals surface area contributed by atoms with Gasteiger partial charge in [0.1, 0.15) is 12.4 Å². The summed E-state index contributed by atoms with van der Waals surface area (Å²) in [4.78, 5) is 31.1. The van der Waals surface area contributed by atoms with Crippen molar-refractivity contribution < 1.29 is 14.6 Å². The Labute approximate surface area is 158 Å². The Kier molecular flexibility index (Phi) is 4.68. The van der Waals surface area contributed by atoms with Crippen molar-refractivity contribution in [3.63, 3.8) is 0 Å². The van der Waals surface area contributed by atoms with Crippen molar-refractivity contribution in [3.05, 3.63) is 81.4 Å². The van der Waals surface area contributed by atoms with Crippen LogP contribution in [0, 0.1) is 0 Å². The van der Waals surface area contributed by atoms with E-state index in [2.05, 4.69) is 9.97 Å². The largest absolute Gasteiger partial charge is 0.501 e. The number of esters is 1. The summed E-state index contributed by atoms with van der Waals surface area (Å²) in [5, 5.41) is 13.8. The lowest BCUT2D eigenvalue weighted by molar-refractivity contribution is 0.0462. The molecule has 0 bridgehead atoms. The van der Waals surface area contributed by atoms with Crippen LogP contribution in [0.15, 0.2) is 58.7 Å². The molecule has 0 amide bonds. The third-order valence-electron chi connectivity index (χ3n) is 4.34. The smallest absolute Gasteiger partial charge is 0.361 e. The normalized spacial score (nSPS) is 15.9. The van der Waals surface area contributed by atoms with E-state index < -0.39 is 17.3 Å². The number of nitrogens with one attached hydrogen (secondary N) is 1. The number of hydrogen-bond acceptors (Lipinski definition) is 6. The molecule has 2 N–H and O–H groups in total. The van der Waals surface area contributed by atoms with Gasteiger partial charge in [0, 0.05) is 0 Å². The molecule has 6 nitrogen and oxygen atoms in total. The summed E-state index contributed by atoms with van der Waals surface area (Å²) >= 11 is 1.50. The summed E-state index contributed by atoms with van der Waals surface area (Å²) in [6.45, 7) is 0.0170. The first-order valence-electron chi connectivity index (χ1n) is 8.41. The topological polar surface area (TPSA) is 92.3 Å². The molecule has 1 unspecified atom stereocenters. The molecule has 0 aliphatic carbocycles. The van der Waals surface area contributed by atoms with Gasteiger partial charge in [-0.1, -0.05) is 48.5 Å². The second-order valence-corrected chi connectivity index (χ2v) is 7.21. The molecule has 0 fully saturated rings. The third-order valence-corrected chi connectivity index (χ3v) is 5.43. The first-order chi connectivity index (χ1) is 13.1. The Bertz CT molecular complexity index is 1090. The molecule has 27 heavy (non-hydrogen) atoms. The molecule has 136 valence electrons. The number of allylic oxidation sites excluding steroid dienone is 1. The first kappa shape index (κ1) is 17.4. The minimum atomic E-state index is -0.830. The molecule has 2 heterocycles. The molecule has 4 rings (SSSR count). The van der Waals surface area contributed by atoms with Crippen LogP contribution in [0.4, 0.5) is 0 Å². The predicted molar refractivity (Wildman–Crippen MR) is 104 cm³/mol. The molecule has 1 aliphatic heterocycles. The van der Waals surface area contributed by atoms with Crippen molar-refractivity contribution in [1.82, 2.24) is 9.97 Å². The standard InChI is InChI=1S/C20H16N2O4S/c23-17-16(21-18(22-19(17)24)15-9-4-10-27-15)20(25)26-11-13-7-3-6-12-5-1-2-8-14(12)13/h1-8,10,15,23H,9,11H2,(H,21,22,24). The number of carbonyl (C=O) groups excluding carboxylic acids is 1. The SMILES string of the molecule is O=C(OCc1cccc2ccccc12)c1nc(C2CC=CS2)[nH]c(=O)c1O. The Balaban J connectivity index is 1.58. The summed E-state index contributed by atoms with van der Waals surface area (Å²) in [6.07, 6.45) is 2.66. The fourth-order valence-corrected chi connectivity index (χ4v) is 3.85. The highest BCUT2D eigenvalue weighted by molar-refractivity contribution is 8.02. The second kappa shape index (κ2) is 7.28. The first-order valence-corrected chi connectivity index (χ1v) is 9.35. The van der Waals surface area contributed by atoms with Gasteiger partial charge >= 0.3 is 5.97 Å². The van der Waals surface area contributed by atoms with E-state index in [1.54, 1.807) is 0 Å². The molecular formula is C20H16N2O4S. The highest BCUT2D eigenvalue weighted by atomic mass is 32.2. The number of H-pyrrole nitrogens is 1. The Morgan fingerprint density at radius 2 is 2.07 bits per heavy atom. The van der Waals surface area contributed by atoms with Crippen molar-refractivity contribution in [3.8, 4) is 5.75 Å². The minimum Gasteiger partial charge on any atom is -0.501 e. The van der Waals surface area contributed by atoms with Crippen molar-refractivity contribution in [2.45, 2.75) is 18.3 Å². The average molecular weight is 380 g/mol. The summed E-state index contributed by atoms with van der Waals surface area (Å²) in [5.41, 5.74) is -0.271. The zero-order chi connectivity index (χ0) is 18.8. The van der Waals surface area contributed by atoms with E-state index in [9.17, 15) is 14.7 Å². The maximum Gasteiger partial charge on any atom is 0.361 e. The number of carbonyl (C=O) groups is 1. The molecule has 1 aliphatic rings. The molecule has 1 aromatic heterocycles. The lowest BCUT2D eigenvalue weighted by Crippen LogP contribution is -2.19. The van der Waals surface area contributed by atoms with Gasteiger partial charge in [-0.2, -0.15) is 0 Å². The van der Waals surface area contributed by atoms with Crippen molar-refractivity contribution in [2.75, 3.05) is 0 Å². The number of aromatic hydroxyl groups is 1. The van der Waals surface area contributed by atoms with Crippen LogP contribution in [0.2, 0.25) is 0 Å². The fraction of sp³-hybridized carbons (Fsp3) is 0.150. The van der Waals surface area contributed by atoms with Crippen LogP contribution >= 0.6 is 11.8 Å². The van der Waals surface area contributed by atoms with Crippen molar-refractivity contribution in [1.29, 1.82) is 0 Å². The third kappa shape index (κ3) is 3.46. The van der Waals surface area contributed by atoms with Crippen LogP contribution in [0.1, 0.15) is 33.5 Å². The number of thioether (sulfide) groups is 1. The minimum absolute atomic E-state index is 0.0170. The summed E-state index contributed by atoms with van der Waals surface area (Å²) in [5.74, 6) is -1.20. The monoisotopic (exact) mass is 380 g/mol. The molecule has 7 heteroatoms. The van der Waals surface area contributed by atoms with Crippen LogP contribution in [0.5, 0.6) is 5.75 Å². The van der Waals surface area contributed by atoms with Crippen LogP contribution in [0.25, 0.3) is 10.8 Å². The van der Waals surface area contributed by atoms with Gasteiger partial charge in [0.2, 0.25) is 5.75 Å². The Hall–Kier alpha value is -3.06. The molecule has 3 aromatic rings. The maximum absolute atomic E-state index is 12.5. The fourth-order valence-electron chi connectivity index (χ4n) is 2.97. The molecule has 1 atom stereocenters. The van der Waals surface area contributed by atoms with E-state index >= 15 is 0 Å². The quantitative estimate of drug-likeness (QED) is 0.671. The molecular weight excluding hydrogens is 364 g/mol. The molecule has 0 saturated heterocycles. The van der Waals surface area contributed by atoms with Gasteiger partial charge < -0.3 is 14.8 Å². The molecule has 2 aromatic carbocycles. The Morgan fingerprint density at radius 3 is 2.89 bits per heavy atom. The lowest BCUT2D eigenvalue weighted by atomic mass is 10.1. The average Bonchev–Trinajstić information content (AvgIpc) is 3.23. The number of nitrogens with zero attached hydrogens (tertiary/aromatic N) is 1. The number of fused-ring (bicyclic) bond motifs is 1. The highest BCUT2D eigenvalue weighted by Gasteiger charge is 2.24. The van der Waals surface area contributed by atoms with Crippen molar-refractivity contribution in [2.24, 2.45) is 0 Å². The zero-order valence-electron chi connectivity index (χ0n) is 14.2. The van der Waals surface area contributed by atoms with Gasteiger partial charge in [-0.15, -0.1) is 11.8 Å². The predicted octanol–water partition coefficient (Wildman–Crippen LogP) is 3.68. The molecule has 0 saturated carbocycles. The van der Waals surface area contributed by atoms with Crippen LogP contribution in [0.3, 0.4) is 0 Å². The summed E-state index contributed by atoms with van der Waals surface area (Å²) in [7, 11) is 0. The van der Waals surface area contributed by atoms with E-state index in [0.29, 0.717) is 12.2 Å².